The number of furan rings is 1. The molecule has 1 saturated carbocycles. The van der Waals surface area contributed by atoms with Gasteiger partial charge in [0.1, 0.15) is 12.1 Å². The lowest BCUT2D eigenvalue weighted by molar-refractivity contribution is -0.122. The zero-order valence-corrected chi connectivity index (χ0v) is 12.9. The summed E-state index contributed by atoms with van der Waals surface area (Å²) in [6.07, 6.45) is 5.21. The zero-order valence-electron chi connectivity index (χ0n) is 12.9. The van der Waals surface area contributed by atoms with E-state index < -0.39 is 0 Å². The Morgan fingerprint density at radius 1 is 1.29 bits per heavy atom. The van der Waals surface area contributed by atoms with E-state index >= 15 is 0 Å². The first-order valence-electron chi connectivity index (χ1n) is 7.79. The molecule has 4 rings (SSSR count). The number of carbonyl (C=O) groups excluding carboxylic acids is 2. The van der Waals surface area contributed by atoms with Crippen molar-refractivity contribution in [2.24, 2.45) is 0 Å². The summed E-state index contributed by atoms with van der Waals surface area (Å²) < 4.78 is 7.01. The highest BCUT2D eigenvalue weighted by molar-refractivity contribution is 6.04. The second kappa shape index (κ2) is 5.84. The van der Waals surface area contributed by atoms with E-state index in [0.717, 1.165) is 18.2 Å². The van der Waals surface area contributed by atoms with Gasteiger partial charge in [-0.05, 0) is 25.0 Å². The number of aromatic nitrogens is 2. The average molecular weight is 324 g/mol. The molecule has 2 aromatic heterocycles. The van der Waals surface area contributed by atoms with E-state index in [1.54, 1.807) is 12.3 Å². The van der Waals surface area contributed by atoms with Crippen molar-refractivity contribution in [2.45, 2.75) is 25.4 Å². The van der Waals surface area contributed by atoms with E-state index in [9.17, 15) is 9.59 Å². The summed E-state index contributed by atoms with van der Waals surface area (Å²) >= 11 is 0. The molecule has 2 N–H and O–H groups in total. The van der Waals surface area contributed by atoms with Gasteiger partial charge < -0.3 is 15.1 Å². The second-order valence-corrected chi connectivity index (χ2v) is 5.87. The maximum atomic E-state index is 12.2. The van der Waals surface area contributed by atoms with Crippen LogP contribution >= 0.6 is 0 Å². The molecule has 0 bridgehead atoms. The molecule has 0 saturated heterocycles. The fraction of sp³-hybridized carbons (Fsp3) is 0.235. The molecule has 0 radical (unpaired) electrons. The normalized spacial score (nSPS) is 13.8. The lowest BCUT2D eigenvalue weighted by Crippen LogP contribution is -2.29. The minimum atomic E-state index is -0.354. The highest BCUT2D eigenvalue weighted by atomic mass is 16.3. The quantitative estimate of drug-likeness (QED) is 0.752. The first-order valence-corrected chi connectivity index (χ1v) is 7.79. The standard InChI is InChI=1S/C17H16N4O3/c22-16(19-12-5-6-12)10-21-9-13(8-18-21)20-17(23)15-7-11-3-1-2-4-14(11)24-15/h1-4,7-9,12H,5-6,10H2,(H,19,22)(H,20,23). The number of anilines is 1. The number of nitrogens with one attached hydrogen (secondary N) is 2. The van der Waals surface area contributed by atoms with Crippen molar-refractivity contribution in [2.75, 3.05) is 5.32 Å². The van der Waals surface area contributed by atoms with E-state index in [2.05, 4.69) is 15.7 Å². The summed E-state index contributed by atoms with van der Waals surface area (Å²) in [5.74, 6) is -0.195. The van der Waals surface area contributed by atoms with Crippen molar-refractivity contribution < 1.29 is 14.0 Å². The van der Waals surface area contributed by atoms with Gasteiger partial charge in [0.25, 0.3) is 5.91 Å². The van der Waals surface area contributed by atoms with E-state index in [0.29, 0.717) is 17.3 Å². The Morgan fingerprint density at radius 3 is 2.92 bits per heavy atom. The highest BCUT2D eigenvalue weighted by Crippen LogP contribution is 2.20. The number of nitrogens with zero attached hydrogens (tertiary/aromatic N) is 2. The predicted octanol–water partition coefficient (Wildman–Crippen LogP) is 2.16. The predicted molar refractivity (Wildman–Crippen MR) is 87.6 cm³/mol. The summed E-state index contributed by atoms with van der Waals surface area (Å²) in [5.41, 5.74) is 1.18. The van der Waals surface area contributed by atoms with Crippen LogP contribution in [-0.2, 0) is 11.3 Å². The Balaban J connectivity index is 1.41. The molecule has 24 heavy (non-hydrogen) atoms. The minimum absolute atomic E-state index is 0.0734. The molecule has 7 heteroatoms. The second-order valence-electron chi connectivity index (χ2n) is 5.87. The third-order valence-corrected chi connectivity index (χ3v) is 3.79. The molecule has 0 unspecified atom stereocenters. The number of hydrogen-bond donors (Lipinski definition) is 2. The Bertz CT molecular complexity index is 874. The lowest BCUT2D eigenvalue weighted by Gasteiger charge is -2.02. The lowest BCUT2D eigenvalue weighted by atomic mass is 10.2. The molecular formula is C17H16N4O3. The van der Waals surface area contributed by atoms with Gasteiger partial charge in [0, 0.05) is 17.6 Å². The summed E-state index contributed by atoms with van der Waals surface area (Å²) in [4.78, 5) is 24.0. The summed E-state index contributed by atoms with van der Waals surface area (Å²) in [7, 11) is 0. The smallest absolute Gasteiger partial charge is 0.291 e. The minimum Gasteiger partial charge on any atom is -0.451 e. The molecule has 3 aromatic rings. The highest BCUT2D eigenvalue weighted by Gasteiger charge is 2.23. The molecule has 2 heterocycles. The molecule has 0 spiro atoms. The van der Waals surface area contributed by atoms with E-state index in [-0.39, 0.29) is 24.1 Å². The van der Waals surface area contributed by atoms with E-state index in [1.807, 2.05) is 24.3 Å². The molecule has 2 amide bonds. The van der Waals surface area contributed by atoms with Gasteiger partial charge in [-0.2, -0.15) is 5.10 Å². The van der Waals surface area contributed by atoms with Crippen molar-refractivity contribution in [1.29, 1.82) is 0 Å². The Kier molecular flexibility index (Phi) is 3.53. The van der Waals surface area contributed by atoms with Gasteiger partial charge in [0.05, 0.1) is 11.9 Å². The zero-order chi connectivity index (χ0) is 16.5. The molecular weight excluding hydrogens is 308 g/mol. The van der Waals surface area contributed by atoms with Gasteiger partial charge >= 0.3 is 0 Å². The number of para-hydroxylation sites is 1. The van der Waals surface area contributed by atoms with Crippen molar-refractivity contribution in [3.63, 3.8) is 0 Å². The number of fused-ring (bicyclic) bond motifs is 1. The van der Waals surface area contributed by atoms with Crippen LogP contribution < -0.4 is 10.6 Å². The van der Waals surface area contributed by atoms with Crippen LogP contribution in [0.5, 0.6) is 0 Å². The number of carbonyl (C=O) groups is 2. The first kappa shape index (κ1) is 14.5. The Morgan fingerprint density at radius 2 is 2.12 bits per heavy atom. The summed E-state index contributed by atoms with van der Waals surface area (Å²) in [6, 6.07) is 9.44. The molecule has 122 valence electrons. The molecule has 1 fully saturated rings. The summed E-state index contributed by atoms with van der Waals surface area (Å²) in [6.45, 7) is 0.136. The van der Waals surface area contributed by atoms with Crippen LogP contribution in [-0.4, -0.2) is 27.6 Å². The maximum absolute atomic E-state index is 12.2. The number of hydrogen-bond acceptors (Lipinski definition) is 4. The third-order valence-electron chi connectivity index (χ3n) is 3.79. The van der Waals surface area contributed by atoms with Crippen LogP contribution in [0, 0.1) is 0 Å². The number of benzene rings is 1. The van der Waals surface area contributed by atoms with Crippen molar-refractivity contribution >= 4 is 28.5 Å². The molecule has 7 nitrogen and oxygen atoms in total. The van der Waals surface area contributed by atoms with Crippen molar-refractivity contribution in [3.05, 3.63) is 48.5 Å². The van der Waals surface area contributed by atoms with E-state index in [4.69, 9.17) is 4.42 Å². The largest absolute Gasteiger partial charge is 0.451 e. The van der Waals surface area contributed by atoms with Crippen LogP contribution in [0.25, 0.3) is 11.0 Å². The van der Waals surface area contributed by atoms with Gasteiger partial charge in [0.15, 0.2) is 5.76 Å². The van der Waals surface area contributed by atoms with Crippen molar-refractivity contribution in [1.82, 2.24) is 15.1 Å². The maximum Gasteiger partial charge on any atom is 0.291 e. The van der Waals surface area contributed by atoms with Crippen molar-refractivity contribution in [3.8, 4) is 0 Å². The fourth-order valence-corrected chi connectivity index (χ4v) is 2.45. The van der Waals surface area contributed by atoms with E-state index in [1.165, 1.54) is 10.9 Å². The first-order chi connectivity index (χ1) is 11.7. The van der Waals surface area contributed by atoms with Gasteiger partial charge in [-0.15, -0.1) is 0 Å². The van der Waals surface area contributed by atoms with Crippen LogP contribution in [0.15, 0.2) is 47.1 Å². The Hall–Kier alpha value is -3.09. The molecule has 0 atom stereocenters. The Labute approximate surface area is 137 Å². The number of rotatable bonds is 5. The van der Waals surface area contributed by atoms with Crippen LogP contribution in [0.2, 0.25) is 0 Å². The van der Waals surface area contributed by atoms with Gasteiger partial charge in [-0.25, -0.2) is 0 Å². The summed E-state index contributed by atoms with van der Waals surface area (Å²) in [5, 5.41) is 10.6. The molecule has 1 aliphatic carbocycles. The third kappa shape index (κ3) is 3.15. The van der Waals surface area contributed by atoms with Crippen LogP contribution in [0.1, 0.15) is 23.4 Å². The fourth-order valence-electron chi connectivity index (χ4n) is 2.45. The molecule has 1 aromatic carbocycles. The number of amides is 2. The van der Waals surface area contributed by atoms with Crippen LogP contribution in [0.3, 0.4) is 0 Å². The molecule has 1 aliphatic rings. The monoisotopic (exact) mass is 324 g/mol. The van der Waals surface area contributed by atoms with Gasteiger partial charge in [-0.3, -0.25) is 14.3 Å². The molecule has 0 aliphatic heterocycles. The average Bonchev–Trinajstić information content (AvgIpc) is 3.09. The SMILES string of the molecule is O=C(Cn1cc(NC(=O)c2cc3ccccc3o2)cn1)NC1CC1. The van der Waals surface area contributed by atoms with Crippen LogP contribution in [0.4, 0.5) is 5.69 Å². The van der Waals surface area contributed by atoms with Gasteiger partial charge in [0.2, 0.25) is 5.91 Å². The topological polar surface area (TPSA) is 89.2 Å². The van der Waals surface area contributed by atoms with Gasteiger partial charge in [-0.1, -0.05) is 18.2 Å².